The lowest BCUT2D eigenvalue weighted by Crippen LogP contribution is -2.47. The van der Waals surface area contributed by atoms with Gasteiger partial charge >= 0.3 is 0 Å². The van der Waals surface area contributed by atoms with Crippen LogP contribution in [0.4, 0.5) is 0 Å². The Hall–Kier alpha value is -0.640. The Balaban J connectivity index is 4.64. The number of rotatable bonds is 5. The van der Waals surface area contributed by atoms with Crippen molar-refractivity contribution < 1.29 is 4.79 Å². The molecule has 0 saturated heterocycles. The highest BCUT2D eigenvalue weighted by atomic mass is 32.1. The molecule has 0 atom stereocenters. The SMILES string of the molecule is CCCN(CC)C(=O)C(C)(C)C(N)=S. The summed E-state index contributed by atoms with van der Waals surface area (Å²) in [6, 6.07) is 0. The summed E-state index contributed by atoms with van der Waals surface area (Å²) in [5, 5.41) is 0. The van der Waals surface area contributed by atoms with E-state index in [2.05, 4.69) is 0 Å². The lowest BCUT2D eigenvalue weighted by atomic mass is 9.91. The zero-order valence-corrected chi connectivity index (χ0v) is 10.3. The summed E-state index contributed by atoms with van der Waals surface area (Å²) >= 11 is 4.89. The molecule has 0 heterocycles. The van der Waals surface area contributed by atoms with Gasteiger partial charge in [0.2, 0.25) is 5.91 Å². The zero-order valence-electron chi connectivity index (χ0n) is 9.46. The molecule has 0 rings (SSSR count). The molecule has 0 aromatic carbocycles. The Kier molecular flexibility index (Phi) is 5.05. The molecule has 0 aromatic heterocycles. The highest BCUT2D eigenvalue weighted by molar-refractivity contribution is 7.80. The Morgan fingerprint density at radius 1 is 1.43 bits per heavy atom. The van der Waals surface area contributed by atoms with E-state index in [1.165, 1.54) is 0 Å². The minimum Gasteiger partial charge on any atom is -0.392 e. The normalized spacial score (nSPS) is 11.1. The molecule has 0 unspecified atom stereocenters. The van der Waals surface area contributed by atoms with Crippen molar-refractivity contribution in [1.29, 1.82) is 0 Å². The number of hydrogen-bond donors (Lipinski definition) is 1. The van der Waals surface area contributed by atoms with Crippen LogP contribution in [0.5, 0.6) is 0 Å². The molecule has 2 N–H and O–H groups in total. The van der Waals surface area contributed by atoms with Gasteiger partial charge in [-0.15, -0.1) is 0 Å². The van der Waals surface area contributed by atoms with Gasteiger partial charge in [-0.3, -0.25) is 4.79 Å². The maximum atomic E-state index is 12.0. The summed E-state index contributed by atoms with van der Waals surface area (Å²) in [6.07, 6.45) is 0.951. The fourth-order valence-corrected chi connectivity index (χ4v) is 1.26. The predicted molar refractivity (Wildman–Crippen MR) is 63.1 cm³/mol. The van der Waals surface area contributed by atoms with Gasteiger partial charge in [-0.05, 0) is 27.2 Å². The molecule has 0 aliphatic carbocycles. The van der Waals surface area contributed by atoms with E-state index in [1.807, 2.05) is 13.8 Å². The zero-order chi connectivity index (χ0) is 11.4. The second-order valence-corrected chi connectivity index (χ2v) is 4.31. The highest BCUT2D eigenvalue weighted by Gasteiger charge is 2.33. The minimum atomic E-state index is -0.722. The summed E-state index contributed by atoms with van der Waals surface area (Å²) in [7, 11) is 0. The molecule has 1 amide bonds. The maximum Gasteiger partial charge on any atom is 0.235 e. The van der Waals surface area contributed by atoms with Gasteiger partial charge in [0, 0.05) is 13.1 Å². The Morgan fingerprint density at radius 2 is 1.93 bits per heavy atom. The standard InChI is InChI=1S/C10H20N2OS/c1-5-7-12(6-2)9(13)10(3,4)8(11)14/h5-7H2,1-4H3,(H2,11,14). The molecule has 14 heavy (non-hydrogen) atoms. The van der Waals surface area contributed by atoms with E-state index in [9.17, 15) is 4.79 Å². The first-order chi connectivity index (χ1) is 6.37. The van der Waals surface area contributed by atoms with Crippen molar-refractivity contribution in [2.75, 3.05) is 13.1 Å². The summed E-state index contributed by atoms with van der Waals surface area (Å²) in [5.41, 5.74) is 4.82. The molecule has 0 aromatic rings. The number of carbonyl (C=O) groups excluding carboxylic acids is 1. The van der Waals surface area contributed by atoms with Gasteiger partial charge in [0.05, 0.1) is 10.4 Å². The first-order valence-corrected chi connectivity index (χ1v) is 5.38. The molecule has 0 aliphatic rings. The molecular formula is C10H20N2OS. The molecular weight excluding hydrogens is 196 g/mol. The minimum absolute atomic E-state index is 0.0225. The van der Waals surface area contributed by atoms with Gasteiger partial charge in [0.25, 0.3) is 0 Å². The van der Waals surface area contributed by atoms with Crippen LogP contribution in [-0.4, -0.2) is 28.9 Å². The average Bonchev–Trinajstić information content (AvgIpc) is 2.12. The number of nitrogens with two attached hydrogens (primary N) is 1. The monoisotopic (exact) mass is 216 g/mol. The van der Waals surface area contributed by atoms with E-state index < -0.39 is 5.41 Å². The number of thiocarbonyl (C=S) groups is 1. The topological polar surface area (TPSA) is 46.3 Å². The predicted octanol–water partition coefficient (Wildman–Crippen LogP) is 1.56. The van der Waals surface area contributed by atoms with Gasteiger partial charge in [-0.2, -0.15) is 0 Å². The molecule has 0 fully saturated rings. The van der Waals surface area contributed by atoms with Crippen LogP contribution in [0, 0.1) is 5.41 Å². The summed E-state index contributed by atoms with van der Waals surface area (Å²) in [4.78, 5) is 14.0. The molecule has 0 bridgehead atoms. The van der Waals surface area contributed by atoms with E-state index in [0.29, 0.717) is 6.54 Å². The maximum absolute atomic E-state index is 12.0. The van der Waals surface area contributed by atoms with Crippen LogP contribution < -0.4 is 5.73 Å². The molecule has 0 spiro atoms. The van der Waals surface area contributed by atoms with E-state index >= 15 is 0 Å². The van der Waals surface area contributed by atoms with Gasteiger partial charge in [-0.1, -0.05) is 19.1 Å². The average molecular weight is 216 g/mol. The van der Waals surface area contributed by atoms with Crippen molar-refractivity contribution >= 4 is 23.1 Å². The molecule has 0 radical (unpaired) electrons. The number of amides is 1. The third-order valence-corrected chi connectivity index (χ3v) is 2.82. The largest absolute Gasteiger partial charge is 0.392 e. The van der Waals surface area contributed by atoms with Crippen LogP contribution in [0.1, 0.15) is 34.1 Å². The second kappa shape index (κ2) is 5.29. The number of nitrogens with zero attached hydrogens (tertiary/aromatic N) is 1. The van der Waals surface area contributed by atoms with E-state index in [4.69, 9.17) is 18.0 Å². The smallest absolute Gasteiger partial charge is 0.235 e. The van der Waals surface area contributed by atoms with Crippen molar-refractivity contribution in [2.45, 2.75) is 34.1 Å². The van der Waals surface area contributed by atoms with Crippen molar-refractivity contribution in [2.24, 2.45) is 11.1 Å². The van der Waals surface area contributed by atoms with Crippen LogP contribution in [0.25, 0.3) is 0 Å². The van der Waals surface area contributed by atoms with Crippen LogP contribution in [-0.2, 0) is 4.79 Å². The fourth-order valence-electron chi connectivity index (χ4n) is 1.17. The Morgan fingerprint density at radius 3 is 2.21 bits per heavy atom. The lowest BCUT2D eigenvalue weighted by molar-refractivity contribution is -0.136. The van der Waals surface area contributed by atoms with Crippen LogP contribution >= 0.6 is 12.2 Å². The lowest BCUT2D eigenvalue weighted by Gasteiger charge is -2.30. The summed E-state index contributed by atoms with van der Waals surface area (Å²) < 4.78 is 0. The number of carbonyl (C=O) groups is 1. The third-order valence-electron chi connectivity index (χ3n) is 2.31. The Labute approximate surface area is 91.6 Å². The molecule has 82 valence electrons. The molecule has 0 aliphatic heterocycles. The summed E-state index contributed by atoms with van der Waals surface area (Å²) in [6.45, 7) is 9.03. The van der Waals surface area contributed by atoms with Gasteiger partial charge < -0.3 is 10.6 Å². The van der Waals surface area contributed by atoms with E-state index in [-0.39, 0.29) is 10.9 Å². The van der Waals surface area contributed by atoms with Gasteiger partial charge in [-0.25, -0.2) is 0 Å². The fraction of sp³-hybridized carbons (Fsp3) is 0.800. The summed E-state index contributed by atoms with van der Waals surface area (Å²) in [5.74, 6) is 0.0225. The van der Waals surface area contributed by atoms with E-state index in [0.717, 1.165) is 13.0 Å². The van der Waals surface area contributed by atoms with Crippen molar-refractivity contribution in [1.82, 2.24) is 4.90 Å². The third kappa shape index (κ3) is 2.94. The quantitative estimate of drug-likeness (QED) is 0.709. The molecule has 3 nitrogen and oxygen atoms in total. The first-order valence-electron chi connectivity index (χ1n) is 4.97. The number of hydrogen-bond acceptors (Lipinski definition) is 2. The first kappa shape index (κ1) is 13.4. The molecule has 0 saturated carbocycles. The van der Waals surface area contributed by atoms with Crippen LogP contribution in [0.3, 0.4) is 0 Å². The van der Waals surface area contributed by atoms with Crippen molar-refractivity contribution in [3.05, 3.63) is 0 Å². The van der Waals surface area contributed by atoms with Crippen LogP contribution in [0.2, 0.25) is 0 Å². The van der Waals surface area contributed by atoms with Crippen LogP contribution in [0.15, 0.2) is 0 Å². The highest BCUT2D eigenvalue weighted by Crippen LogP contribution is 2.19. The second-order valence-electron chi connectivity index (χ2n) is 3.87. The van der Waals surface area contributed by atoms with Crippen molar-refractivity contribution in [3.8, 4) is 0 Å². The molecule has 4 heteroatoms. The Bertz CT molecular complexity index is 226. The van der Waals surface area contributed by atoms with Gasteiger partial charge in [0.15, 0.2) is 0 Å². The van der Waals surface area contributed by atoms with Crippen molar-refractivity contribution in [3.63, 3.8) is 0 Å². The van der Waals surface area contributed by atoms with E-state index in [1.54, 1.807) is 18.7 Å². The van der Waals surface area contributed by atoms with Gasteiger partial charge in [0.1, 0.15) is 0 Å².